The van der Waals surface area contributed by atoms with E-state index >= 15 is 0 Å². The van der Waals surface area contributed by atoms with Crippen LogP contribution in [0.25, 0.3) is 0 Å². The normalized spacial score (nSPS) is 17.7. The van der Waals surface area contributed by atoms with Crippen molar-refractivity contribution in [2.75, 3.05) is 45.7 Å². The maximum atomic E-state index is 12.6. The molecule has 134 valence electrons. The highest BCUT2D eigenvalue weighted by molar-refractivity contribution is 5.95. The molecule has 1 N–H and O–H groups in total. The van der Waals surface area contributed by atoms with E-state index in [4.69, 9.17) is 4.74 Å². The molecule has 0 radical (unpaired) electrons. The third-order valence-electron chi connectivity index (χ3n) is 4.64. The fourth-order valence-corrected chi connectivity index (χ4v) is 3.29. The predicted octanol–water partition coefficient (Wildman–Crippen LogP) is 2.69. The van der Waals surface area contributed by atoms with Gasteiger partial charge in [-0.1, -0.05) is 12.1 Å². The van der Waals surface area contributed by atoms with Crippen LogP contribution in [0.4, 0.5) is 5.69 Å². The van der Waals surface area contributed by atoms with Crippen LogP contribution in [0, 0.1) is 5.92 Å². The third kappa shape index (κ3) is 5.21. The van der Waals surface area contributed by atoms with E-state index in [1.54, 1.807) is 0 Å². The first-order chi connectivity index (χ1) is 11.5. The Kier molecular flexibility index (Phi) is 7.06. The first-order valence-electron chi connectivity index (χ1n) is 8.92. The van der Waals surface area contributed by atoms with Gasteiger partial charge < -0.3 is 15.0 Å². The standard InChI is InChI=1S/C19H31N3O2/c1-5-24-18-9-7-6-8-17(18)20-19(23)15(2)22-12-10-16(11-13-22)14-21(3)4/h6-9,15-16H,5,10-14H2,1-4H3,(H,20,23)/t15-/m1/s1. The van der Waals surface area contributed by atoms with E-state index in [1.807, 2.05) is 38.1 Å². The maximum Gasteiger partial charge on any atom is 0.241 e. The van der Waals surface area contributed by atoms with Crippen LogP contribution in [-0.4, -0.2) is 62.1 Å². The van der Waals surface area contributed by atoms with Gasteiger partial charge in [-0.3, -0.25) is 9.69 Å². The van der Waals surface area contributed by atoms with E-state index in [2.05, 4.69) is 29.2 Å². The van der Waals surface area contributed by atoms with Crippen LogP contribution >= 0.6 is 0 Å². The largest absolute Gasteiger partial charge is 0.492 e. The van der Waals surface area contributed by atoms with Gasteiger partial charge in [0, 0.05) is 6.54 Å². The molecule has 0 spiro atoms. The Balaban J connectivity index is 1.89. The lowest BCUT2D eigenvalue weighted by Crippen LogP contribution is -2.47. The van der Waals surface area contributed by atoms with Gasteiger partial charge in [-0.15, -0.1) is 0 Å². The second kappa shape index (κ2) is 9.04. The summed E-state index contributed by atoms with van der Waals surface area (Å²) in [5.41, 5.74) is 0.749. The van der Waals surface area contributed by atoms with Crippen LogP contribution in [0.15, 0.2) is 24.3 Å². The number of benzene rings is 1. The van der Waals surface area contributed by atoms with E-state index in [-0.39, 0.29) is 11.9 Å². The van der Waals surface area contributed by atoms with Crippen LogP contribution in [0.5, 0.6) is 5.75 Å². The summed E-state index contributed by atoms with van der Waals surface area (Å²) in [5, 5.41) is 3.02. The molecule has 1 aliphatic rings. The monoisotopic (exact) mass is 333 g/mol. The van der Waals surface area contributed by atoms with Crippen molar-refractivity contribution in [3.05, 3.63) is 24.3 Å². The number of piperidine rings is 1. The number of nitrogens with one attached hydrogen (secondary N) is 1. The van der Waals surface area contributed by atoms with E-state index in [1.165, 1.54) is 0 Å². The summed E-state index contributed by atoms with van der Waals surface area (Å²) in [6.45, 7) is 7.63. The number of anilines is 1. The molecule has 1 amide bonds. The summed E-state index contributed by atoms with van der Waals surface area (Å²) < 4.78 is 5.58. The van der Waals surface area contributed by atoms with Crippen molar-refractivity contribution in [3.8, 4) is 5.75 Å². The Bertz CT molecular complexity index is 525. The van der Waals surface area contributed by atoms with Crippen molar-refractivity contribution < 1.29 is 9.53 Å². The minimum Gasteiger partial charge on any atom is -0.492 e. The zero-order valence-corrected chi connectivity index (χ0v) is 15.4. The van der Waals surface area contributed by atoms with Crippen LogP contribution in [-0.2, 0) is 4.79 Å². The summed E-state index contributed by atoms with van der Waals surface area (Å²) in [5.74, 6) is 1.50. The zero-order valence-electron chi connectivity index (χ0n) is 15.4. The van der Waals surface area contributed by atoms with Crippen molar-refractivity contribution >= 4 is 11.6 Å². The fourth-order valence-electron chi connectivity index (χ4n) is 3.29. The summed E-state index contributed by atoms with van der Waals surface area (Å²) in [7, 11) is 4.25. The Hall–Kier alpha value is -1.59. The first-order valence-corrected chi connectivity index (χ1v) is 8.92. The van der Waals surface area contributed by atoms with Crippen molar-refractivity contribution in [1.82, 2.24) is 9.80 Å². The average molecular weight is 333 g/mol. The number of likely N-dealkylation sites (tertiary alicyclic amines) is 1. The number of rotatable bonds is 7. The van der Waals surface area contributed by atoms with E-state index in [0.29, 0.717) is 6.61 Å². The number of hydrogen-bond donors (Lipinski definition) is 1. The minimum absolute atomic E-state index is 0.0354. The quantitative estimate of drug-likeness (QED) is 0.833. The predicted molar refractivity (Wildman–Crippen MR) is 98.6 cm³/mol. The maximum absolute atomic E-state index is 12.6. The van der Waals surface area contributed by atoms with Crippen LogP contribution in [0.2, 0.25) is 0 Å². The first kappa shape index (κ1) is 18.7. The summed E-state index contributed by atoms with van der Waals surface area (Å²) in [6.07, 6.45) is 2.32. The zero-order chi connectivity index (χ0) is 17.5. The molecule has 0 aromatic heterocycles. The molecule has 5 heteroatoms. The lowest BCUT2D eigenvalue weighted by atomic mass is 9.95. The van der Waals surface area contributed by atoms with E-state index < -0.39 is 0 Å². The Morgan fingerprint density at radius 1 is 1.33 bits per heavy atom. The van der Waals surface area contributed by atoms with Crippen molar-refractivity contribution in [2.45, 2.75) is 32.7 Å². The van der Waals surface area contributed by atoms with Crippen LogP contribution in [0.1, 0.15) is 26.7 Å². The lowest BCUT2D eigenvalue weighted by molar-refractivity contribution is -0.121. The highest BCUT2D eigenvalue weighted by Gasteiger charge is 2.27. The molecule has 0 saturated carbocycles. The Morgan fingerprint density at radius 3 is 2.62 bits per heavy atom. The molecule has 1 heterocycles. The number of amides is 1. The average Bonchev–Trinajstić information content (AvgIpc) is 2.56. The second-order valence-electron chi connectivity index (χ2n) is 6.84. The molecule has 1 fully saturated rings. The number of carbonyl (C=O) groups is 1. The lowest BCUT2D eigenvalue weighted by Gasteiger charge is -2.36. The molecular formula is C19H31N3O2. The molecule has 5 nitrogen and oxygen atoms in total. The molecule has 0 bridgehead atoms. The van der Waals surface area contributed by atoms with Gasteiger partial charge in [-0.2, -0.15) is 0 Å². The minimum atomic E-state index is -0.125. The molecule has 1 aromatic rings. The number of carbonyl (C=O) groups excluding carboxylic acids is 1. The highest BCUT2D eigenvalue weighted by atomic mass is 16.5. The molecule has 24 heavy (non-hydrogen) atoms. The molecule has 1 aromatic carbocycles. The van der Waals surface area contributed by atoms with Gasteiger partial charge in [0.2, 0.25) is 5.91 Å². The van der Waals surface area contributed by atoms with Gasteiger partial charge in [0.15, 0.2) is 0 Å². The molecule has 2 rings (SSSR count). The second-order valence-corrected chi connectivity index (χ2v) is 6.84. The number of hydrogen-bond acceptors (Lipinski definition) is 4. The molecule has 0 aliphatic carbocycles. The van der Waals surface area contributed by atoms with Gasteiger partial charge in [0.05, 0.1) is 18.3 Å². The van der Waals surface area contributed by atoms with Crippen molar-refractivity contribution in [1.29, 1.82) is 0 Å². The highest BCUT2D eigenvalue weighted by Crippen LogP contribution is 2.25. The van der Waals surface area contributed by atoms with Crippen LogP contribution < -0.4 is 10.1 Å². The van der Waals surface area contributed by atoms with Gasteiger partial charge in [0.25, 0.3) is 0 Å². The smallest absolute Gasteiger partial charge is 0.241 e. The number of para-hydroxylation sites is 2. The fraction of sp³-hybridized carbons (Fsp3) is 0.632. The summed E-state index contributed by atoms with van der Waals surface area (Å²) in [4.78, 5) is 17.1. The Labute approximate surface area is 146 Å². The van der Waals surface area contributed by atoms with E-state index in [9.17, 15) is 4.79 Å². The molecule has 1 saturated heterocycles. The Morgan fingerprint density at radius 2 is 2.00 bits per heavy atom. The van der Waals surface area contributed by atoms with Gasteiger partial charge in [-0.05, 0) is 71.9 Å². The van der Waals surface area contributed by atoms with Gasteiger partial charge >= 0.3 is 0 Å². The number of nitrogens with zero attached hydrogens (tertiary/aromatic N) is 2. The molecule has 1 aliphatic heterocycles. The van der Waals surface area contributed by atoms with Gasteiger partial charge in [0.1, 0.15) is 5.75 Å². The summed E-state index contributed by atoms with van der Waals surface area (Å²) >= 11 is 0. The summed E-state index contributed by atoms with van der Waals surface area (Å²) in [6, 6.07) is 7.48. The SMILES string of the molecule is CCOc1ccccc1NC(=O)[C@@H](C)N1CCC(CN(C)C)CC1. The van der Waals surface area contributed by atoms with Crippen LogP contribution in [0.3, 0.4) is 0 Å². The molecule has 0 unspecified atom stereocenters. The third-order valence-corrected chi connectivity index (χ3v) is 4.64. The molecule has 1 atom stereocenters. The van der Waals surface area contributed by atoms with Crippen molar-refractivity contribution in [3.63, 3.8) is 0 Å². The molecular weight excluding hydrogens is 302 g/mol. The topological polar surface area (TPSA) is 44.8 Å². The van der Waals surface area contributed by atoms with Crippen molar-refractivity contribution in [2.24, 2.45) is 5.92 Å². The number of ether oxygens (including phenoxy) is 1. The van der Waals surface area contributed by atoms with Gasteiger partial charge in [-0.25, -0.2) is 0 Å². The van der Waals surface area contributed by atoms with E-state index in [0.717, 1.165) is 49.8 Å².